The molecule has 0 saturated heterocycles. The van der Waals surface area contributed by atoms with Gasteiger partial charge in [-0.25, -0.2) is 0 Å². The van der Waals surface area contributed by atoms with Crippen molar-refractivity contribution in [2.45, 2.75) is 12.8 Å². The SMILES string of the molecule is [H-].[Na+].c1ccc(CCCOc2cn[nH]n2)cc1. The second kappa shape index (κ2) is 7.44. The van der Waals surface area contributed by atoms with Crippen LogP contribution in [0, 0.1) is 0 Å². The predicted octanol–water partition coefficient (Wildman–Crippen LogP) is -1.07. The summed E-state index contributed by atoms with van der Waals surface area (Å²) in [5.74, 6) is 0.558. The molecule has 0 saturated carbocycles. The van der Waals surface area contributed by atoms with Crippen LogP contribution >= 0.6 is 0 Å². The molecule has 0 aliphatic carbocycles. The Labute approximate surface area is 118 Å². The van der Waals surface area contributed by atoms with E-state index in [2.05, 4.69) is 27.5 Å². The molecule has 0 fully saturated rings. The Bertz CT molecular complexity index is 383. The van der Waals surface area contributed by atoms with E-state index < -0.39 is 0 Å². The Morgan fingerprint density at radius 2 is 2.06 bits per heavy atom. The number of nitrogens with one attached hydrogen (secondary N) is 1. The van der Waals surface area contributed by atoms with Crippen LogP contribution in [-0.4, -0.2) is 22.0 Å². The van der Waals surface area contributed by atoms with E-state index in [0.717, 1.165) is 12.8 Å². The van der Waals surface area contributed by atoms with Gasteiger partial charge in [-0.05, 0) is 18.4 Å². The van der Waals surface area contributed by atoms with Crippen LogP contribution in [0.25, 0.3) is 0 Å². The van der Waals surface area contributed by atoms with Crippen molar-refractivity contribution >= 4 is 0 Å². The van der Waals surface area contributed by atoms with Gasteiger partial charge in [0.1, 0.15) is 6.20 Å². The van der Waals surface area contributed by atoms with Crippen molar-refractivity contribution < 1.29 is 35.7 Å². The Morgan fingerprint density at radius 1 is 1.25 bits per heavy atom. The third-order valence-corrected chi connectivity index (χ3v) is 2.10. The molecule has 1 aromatic carbocycles. The van der Waals surface area contributed by atoms with E-state index in [4.69, 9.17) is 4.74 Å². The number of nitrogens with zero attached hydrogens (tertiary/aromatic N) is 2. The standard InChI is InChI=1S/C11H13N3O.Na.H/c1-2-5-10(6-3-1)7-4-8-15-11-9-12-14-13-11;;/h1-3,5-6,9H,4,7-8H2,(H,12,13,14);;/q;+1;-1. The molecule has 0 aliphatic rings. The summed E-state index contributed by atoms with van der Waals surface area (Å²) in [6.45, 7) is 0.668. The molecular weight excluding hydrogens is 213 g/mol. The normalized spacial score (nSPS) is 9.50. The van der Waals surface area contributed by atoms with Gasteiger partial charge in [0.25, 0.3) is 5.88 Å². The largest absolute Gasteiger partial charge is 1.00 e. The van der Waals surface area contributed by atoms with Crippen molar-refractivity contribution in [3.8, 4) is 5.88 Å². The Morgan fingerprint density at radius 3 is 2.75 bits per heavy atom. The monoisotopic (exact) mass is 227 g/mol. The van der Waals surface area contributed by atoms with Gasteiger partial charge in [0.05, 0.1) is 6.61 Å². The third-order valence-electron chi connectivity index (χ3n) is 2.10. The number of hydrogen-bond acceptors (Lipinski definition) is 3. The van der Waals surface area contributed by atoms with Crippen LogP contribution in [-0.2, 0) is 6.42 Å². The zero-order valence-electron chi connectivity index (χ0n) is 10.4. The van der Waals surface area contributed by atoms with Crippen LogP contribution < -0.4 is 34.3 Å². The molecule has 1 N–H and O–H groups in total. The smallest absolute Gasteiger partial charge is 1.00 e. The van der Waals surface area contributed by atoms with E-state index in [0.29, 0.717) is 12.5 Å². The van der Waals surface area contributed by atoms with E-state index in [1.807, 2.05) is 18.2 Å². The summed E-state index contributed by atoms with van der Waals surface area (Å²) in [5, 5.41) is 9.96. The molecule has 80 valence electrons. The average molecular weight is 227 g/mol. The van der Waals surface area contributed by atoms with Gasteiger partial charge in [0, 0.05) is 0 Å². The van der Waals surface area contributed by atoms with Crippen molar-refractivity contribution in [3.05, 3.63) is 42.1 Å². The van der Waals surface area contributed by atoms with E-state index in [1.165, 1.54) is 5.56 Å². The van der Waals surface area contributed by atoms with Crippen molar-refractivity contribution in [2.75, 3.05) is 6.61 Å². The number of aryl methyl sites for hydroxylation is 1. The van der Waals surface area contributed by atoms with Gasteiger partial charge in [0.15, 0.2) is 0 Å². The van der Waals surface area contributed by atoms with Gasteiger partial charge in [0.2, 0.25) is 0 Å². The summed E-state index contributed by atoms with van der Waals surface area (Å²) >= 11 is 0. The zero-order valence-corrected chi connectivity index (χ0v) is 11.4. The molecule has 2 aromatic rings. The van der Waals surface area contributed by atoms with Crippen LogP contribution in [0.1, 0.15) is 13.4 Å². The summed E-state index contributed by atoms with van der Waals surface area (Å²) < 4.78 is 5.36. The summed E-state index contributed by atoms with van der Waals surface area (Å²) in [4.78, 5) is 0. The maximum Gasteiger partial charge on any atom is 1.00 e. The summed E-state index contributed by atoms with van der Waals surface area (Å²) in [6.07, 6.45) is 3.58. The second-order valence-electron chi connectivity index (χ2n) is 3.25. The van der Waals surface area contributed by atoms with Crippen molar-refractivity contribution in [3.63, 3.8) is 0 Å². The van der Waals surface area contributed by atoms with Gasteiger partial charge >= 0.3 is 29.6 Å². The van der Waals surface area contributed by atoms with Crippen molar-refractivity contribution in [1.29, 1.82) is 0 Å². The van der Waals surface area contributed by atoms with Gasteiger partial charge < -0.3 is 6.16 Å². The quantitative estimate of drug-likeness (QED) is 0.523. The minimum atomic E-state index is 0. The minimum Gasteiger partial charge on any atom is -1.00 e. The summed E-state index contributed by atoms with van der Waals surface area (Å²) in [6, 6.07) is 10.4. The Balaban J connectivity index is 0.00000128. The van der Waals surface area contributed by atoms with Gasteiger partial charge in [-0.2, -0.15) is 10.3 Å². The minimum absolute atomic E-state index is 0. The molecule has 0 atom stereocenters. The maximum atomic E-state index is 5.36. The van der Waals surface area contributed by atoms with E-state index in [9.17, 15) is 0 Å². The fraction of sp³-hybridized carbons (Fsp3) is 0.273. The molecule has 0 unspecified atom stereocenters. The average Bonchev–Trinajstić information content (AvgIpc) is 2.79. The Kier molecular flexibility index (Phi) is 6.15. The number of hydrogen-bond donors (Lipinski definition) is 1. The molecule has 1 aromatic heterocycles. The van der Waals surface area contributed by atoms with Gasteiger partial charge in [-0.1, -0.05) is 30.3 Å². The van der Waals surface area contributed by atoms with Crippen LogP contribution in [0.15, 0.2) is 36.5 Å². The number of ether oxygens (including phenoxy) is 1. The molecule has 1 heterocycles. The first-order valence-electron chi connectivity index (χ1n) is 4.97. The van der Waals surface area contributed by atoms with Crippen LogP contribution in [0.4, 0.5) is 0 Å². The van der Waals surface area contributed by atoms with Gasteiger partial charge in [-0.15, -0.1) is 5.10 Å². The van der Waals surface area contributed by atoms with Crippen LogP contribution in [0.5, 0.6) is 5.88 Å². The van der Waals surface area contributed by atoms with Crippen LogP contribution in [0.2, 0.25) is 0 Å². The Hall–Kier alpha value is -0.840. The number of H-pyrrole nitrogens is 1. The predicted molar refractivity (Wildman–Crippen MR) is 57.8 cm³/mol. The number of aromatic nitrogens is 3. The molecule has 0 radical (unpaired) electrons. The fourth-order valence-corrected chi connectivity index (χ4v) is 1.36. The van der Waals surface area contributed by atoms with Crippen molar-refractivity contribution in [2.24, 2.45) is 0 Å². The molecule has 0 aliphatic heterocycles. The first kappa shape index (κ1) is 13.2. The molecular formula is C11H14N3NaO. The number of benzene rings is 1. The fourth-order valence-electron chi connectivity index (χ4n) is 1.36. The molecule has 16 heavy (non-hydrogen) atoms. The zero-order chi connectivity index (χ0) is 10.3. The van der Waals surface area contributed by atoms with E-state index in [1.54, 1.807) is 6.20 Å². The summed E-state index contributed by atoms with van der Waals surface area (Å²) in [7, 11) is 0. The van der Waals surface area contributed by atoms with Gasteiger partial charge in [-0.3, -0.25) is 0 Å². The first-order chi connectivity index (χ1) is 7.45. The number of rotatable bonds is 5. The molecule has 0 bridgehead atoms. The molecule has 0 spiro atoms. The molecule has 4 nitrogen and oxygen atoms in total. The second-order valence-corrected chi connectivity index (χ2v) is 3.25. The van der Waals surface area contributed by atoms with E-state index in [-0.39, 0.29) is 31.0 Å². The van der Waals surface area contributed by atoms with E-state index >= 15 is 0 Å². The molecule has 5 heteroatoms. The third kappa shape index (κ3) is 4.35. The number of aromatic amines is 1. The molecule has 0 amide bonds. The topological polar surface area (TPSA) is 50.8 Å². The molecule has 2 rings (SSSR count). The van der Waals surface area contributed by atoms with Crippen molar-refractivity contribution in [1.82, 2.24) is 15.4 Å². The summed E-state index contributed by atoms with van der Waals surface area (Å²) in [5.41, 5.74) is 1.33. The van der Waals surface area contributed by atoms with Crippen LogP contribution in [0.3, 0.4) is 0 Å². The maximum absolute atomic E-state index is 5.36. The first-order valence-corrected chi connectivity index (χ1v) is 4.97.